The number of methoxy groups -OCH3 is 1. The predicted molar refractivity (Wildman–Crippen MR) is 46.2 cm³/mol. The number of nitrogens with zero attached hydrogens (tertiary/aromatic N) is 1. The maximum absolute atomic E-state index is 11.3. The minimum absolute atomic E-state index is 0.215. The van der Waals surface area contributed by atoms with E-state index in [0.717, 1.165) is 6.42 Å². The van der Waals surface area contributed by atoms with Crippen LogP contribution in [0.4, 0.5) is 4.79 Å². The Morgan fingerprint density at radius 3 is 2.77 bits per heavy atom. The zero-order valence-corrected chi connectivity index (χ0v) is 7.87. The Balaban J connectivity index is 2.63. The molecule has 1 aliphatic heterocycles. The van der Waals surface area contributed by atoms with Gasteiger partial charge in [-0.3, -0.25) is 0 Å². The molecule has 1 rings (SSSR count). The molecule has 5 heteroatoms. The van der Waals surface area contributed by atoms with Gasteiger partial charge in [0.05, 0.1) is 7.11 Å². The number of rotatable bonds is 1. The van der Waals surface area contributed by atoms with Crippen LogP contribution < -0.4 is 5.32 Å². The Kier molecular flexibility index (Phi) is 3.11. The SMILES string of the molecule is CNC(=O)N1CCC[C@H]1C(=O)OC. The zero-order chi connectivity index (χ0) is 9.84. The predicted octanol–water partition coefficient (Wildman–Crippen LogP) is -0.0368. The first-order valence-corrected chi connectivity index (χ1v) is 4.27. The summed E-state index contributed by atoms with van der Waals surface area (Å²) >= 11 is 0. The fraction of sp³-hybridized carbons (Fsp3) is 0.750. The number of nitrogens with one attached hydrogen (secondary N) is 1. The van der Waals surface area contributed by atoms with E-state index < -0.39 is 6.04 Å². The third-order valence-corrected chi connectivity index (χ3v) is 2.20. The average Bonchev–Trinajstić information content (AvgIpc) is 2.63. The summed E-state index contributed by atoms with van der Waals surface area (Å²) in [5.74, 6) is -0.332. The molecule has 0 unspecified atom stereocenters. The lowest BCUT2D eigenvalue weighted by molar-refractivity contribution is -0.144. The van der Waals surface area contributed by atoms with Crippen molar-refractivity contribution in [1.82, 2.24) is 10.2 Å². The number of carbonyl (C=O) groups excluding carboxylic acids is 2. The summed E-state index contributed by atoms with van der Waals surface area (Å²) in [6.07, 6.45) is 1.55. The van der Waals surface area contributed by atoms with Crippen molar-refractivity contribution in [3.63, 3.8) is 0 Å². The molecule has 1 N–H and O–H groups in total. The minimum Gasteiger partial charge on any atom is -0.467 e. The summed E-state index contributed by atoms with van der Waals surface area (Å²) in [6, 6.07) is -0.613. The first kappa shape index (κ1) is 9.83. The lowest BCUT2D eigenvalue weighted by atomic mass is 10.2. The number of hydrogen-bond donors (Lipinski definition) is 1. The first-order chi connectivity index (χ1) is 6.20. The number of hydrogen-bond acceptors (Lipinski definition) is 3. The number of amides is 2. The molecule has 5 nitrogen and oxygen atoms in total. The highest BCUT2D eigenvalue weighted by Gasteiger charge is 2.34. The van der Waals surface area contributed by atoms with Crippen molar-refractivity contribution in [3.05, 3.63) is 0 Å². The molecule has 1 saturated heterocycles. The van der Waals surface area contributed by atoms with E-state index >= 15 is 0 Å². The van der Waals surface area contributed by atoms with Crippen LogP contribution in [0, 0.1) is 0 Å². The Hall–Kier alpha value is -1.26. The van der Waals surface area contributed by atoms with Gasteiger partial charge in [-0.25, -0.2) is 9.59 Å². The molecule has 0 aliphatic carbocycles. The van der Waals surface area contributed by atoms with Crippen LogP contribution in [0.1, 0.15) is 12.8 Å². The highest BCUT2D eigenvalue weighted by atomic mass is 16.5. The molecule has 74 valence electrons. The van der Waals surface area contributed by atoms with Crippen molar-refractivity contribution in [1.29, 1.82) is 0 Å². The molecule has 0 radical (unpaired) electrons. The number of urea groups is 1. The van der Waals surface area contributed by atoms with Crippen LogP contribution >= 0.6 is 0 Å². The van der Waals surface area contributed by atoms with Gasteiger partial charge >= 0.3 is 12.0 Å². The van der Waals surface area contributed by atoms with Gasteiger partial charge in [0.25, 0.3) is 0 Å². The maximum Gasteiger partial charge on any atom is 0.328 e. The average molecular weight is 186 g/mol. The fourth-order valence-corrected chi connectivity index (χ4v) is 1.53. The molecule has 1 aliphatic rings. The van der Waals surface area contributed by atoms with Gasteiger partial charge in [-0.05, 0) is 12.8 Å². The van der Waals surface area contributed by atoms with Crippen molar-refractivity contribution in [2.45, 2.75) is 18.9 Å². The third kappa shape index (κ3) is 1.91. The topological polar surface area (TPSA) is 58.6 Å². The highest BCUT2D eigenvalue weighted by Crippen LogP contribution is 2.17. The lowest BCUT2D eigenvalue weighted by Gasteiger charge is -2.21. The summed E-state index contributed by atoms with van der Waals surface area (Å²) in [5.41, 5.74) is 0. The monoisotopic (exact) mass is 186 g/mol. The normalized spacial score (nSPS) is 21.4. The summed E-state index contributed by atoms with van der Waals surface area (Å²) in [6.45, 7) is 0.624. The van der Waals surface area contributed by atoms with E-state index in [4.69, 9.17) is 0 Å². The van der Waals surface area contributed by atoms with Crippen LogP contribution in [-0.4, -0.2) is 43.6 Å². The summed E-state index contributed by atoms with van der Waals surface area (Å²) in [7, 11) is 2.89. The van der Waals surface area contributed by atoms with Crippen LogP contribution in [-0.2, 0) is 9.53 Å². The standard InChI is InChI=1S/C8H14N2O3/c1-9-8(12)10-5-3-4-6(10)7(11)13-2/h6H,3-5H2,1-2H3,(H,9,12)/t6-/m0/s1. The Morgan fingerprint density at radius 1 is 1.54 bits per heavy atom. The van der Waals surface area contributed by atoms with E-state index in [2.05, 4.69) is 10.1 Å². The zero-order valence-electron chi connectivity index (χ0n) is 7.87. The van der Waals surface area contributed by atoms with Crippen molar-refractivity contribution in [2.24, 2.45) is 0 Å². The Bertz CT molecular complexity index is 195. The molecular weight excluding hydrogens is 172 g/mol. The van der Waals surface area contributed by atoms with Crippen LogP contribution in [0.3, 0.4) is 0 Å². The van der Waals surface area contributed by atoms with Gasteiger partial charge in [-0.2, -0.15) is 0 Å². The van der Waals surface area contributed by atoms with Crippen LogP contribution in [0.2, 0.25) is 0 Å². The molecular formula is C8H14N2O3. The fourth-order valence-electron chi connectivity index (χ4n) is 1.53. The van der Waals surface area contributed by atoms with Crippen molar-refractivity contribution in [3.8, 4) is 0 Å². The molecule has 0 spiro atoms. The Morgan fingerprint density at radius 2 is 2.23 bits per heavy atom. The van der Waals surface area contributed by atoms with Gasteiger partial charge in [0, 0.05) is 13.6 Å². The summed E-state index contributed by atoms with van der Waals surface area (Å²) in [5, 5.41) is 2.50. The summed E-state index contributed by atoms with van der Waals surface area (Å²) in [4.78, 5) is 24.0. The van der Waals surface area contributed by atoms with Crippen molar-refractivity contribution < 1.29 is 14.3 Å². The van der Waals surface area contributed by atoms with Gasteiger partial charge in [0.15, 0.2) is 0 Å². The summed E-state index contributed by atoms with van der Waals surface area (Å²) < 4.78 is 4.60. The molecule has 0 bridgehead atoms. The molecule has 2 amide bonds. The largest absolute Gasteiger partial charge is 0.467 e. The van der Waals surface area contributed by atoms with Crippen LogP contribution in [0.15, 0.2) is 0 Å². The molecule has 0 aromatic carbocycles. The molecule has 13 heavy (non-hydrogen) atoms. The second-order valence-electron chi connectivity index (χ2n) is 2.93. The van der Waals surface area contributed by atoms with Crippen molar-refractivity contribution in [2.75, 3.05) is 20.7 Å². The third-order valence-electron chi connectivity index (χ3n) is 2.20. The van der Waals surface area contributed by atoms with E-state index in [1.165, 1.54) is 12.0 Å². The number of carbonyl (C=O) groups is 2. The molecule has 1 heterocycles. The number of ether oxygens (including phenoxy) is 1. The first-order valence-electron chi connectivity index (χ1n) is 4.27. The van der Waals surface area contributed by atoms with Gasteiger partial charge < -0.3 is 15.0 Å². The van der Waals surface area contributed by atoms with E-state index in [0.29, 0.717) is 13.0 Å². The molecule has 1 fully saturated rings. The van der Waals surface area contributed by atoms with E-state index in [1.54, 1.807) is 7.05 Å². The lowest BCUT2D eigenvalue weighted by Crippen LogP contribution is -2.45. The van der Waals surface area contributed by atoms with E-state index in [-0.39, 0.29) is 12.0 Å². The molecule has 1 atom stereocenters. The maximum atomic E-state index is 11.3. The number of esters is 1. The molecule has 0 aromatic heterocycles. The van der Waals surface area contributed by atoms with Crippen LogP contribution in [0.5, 0.6) is 0 Å². The van der Waals surface area contributed by atoms with Crippen LogP contribution in [0.25, 0.3) is 0 Å². The Labute approximate surface area is 77.0 Å². The smallest absolute Gasteiger partial charge is 0.328 e. The highest BCUT2D eigenvalue weighted by molar-refractivity contribution is 5.84. The number of likely N-dealkylation sites (tertiary alicyclic amines) is 1. The second-order valence-corrected chi connectivity index (χ2v) is 2.93. The van der Waals surface area contributed by atoms with Gasteiger partial charge in [-0.15, -0.1) is 0 Å². The van der Waals surface area contributed by atoms with Crippen molar-refractivity contribution >= 4 is 12.0 Å². The quantitative estimate of drug-likeness (QED) is 0.585. The van der Waals surface area contributed by atoms with Gasteiger partial charge in [0.2, 0.25) is 0 Å². The minimum atomic E-state index is -0.398. The van der Waals surface area contributed by atoms with E-state index in [1.807, 2.05) is 0 Å². The molecule has 0 aromatic rings. The van der Waals surface area contributed by atoms with E-state index in [9.17, 15) is 9.59 Å². The second kappa shape index (κ2) is 4.11. The van der Waals surface area contributed by atoms with Gasteiger partial charge in [-0.1, -0.05) is 0 Å². The molecule has 0 saturated carbocycles. The van der Waals surface area contributed by atoms with Gasteiger partial charge in [0.1, 0.15) is 6.04 Å².